The summed E-state index contributed by atoms with van der Waals surface area (Å²) < 4.78 is 6.75. The second-order valence-corrected chi connectivity index (χ2v) is 7.40. The van der Waals surface area contributed by atoms with Crippen molar-refractivity contribution >= 4 is 28.9 Å². The number of hydrogen-bond donors (Lipinski definition) is 1. The number of amides is 1. The topological polar surface area (TPSA) is 97.0 Å². The number of aromatic nitrogens is 2. The van der Waals surface area contributed by atoms with Gasteiger partial charge in [0.1, 0.15) is 5.69 Å². The minimum Gasteiger partial charge on any atom is -0.451 e. The van der Waals surface area contributed by atoms with Gasteiger partial charge in [-0.1, -0.05) is 24.3 Å². The van der Waals surface area contributed by atoms with E-state index in [1.54, 1.807) is 30.3 Å². The summed E-state index contributed by atoms with van der Waals surface area (Å²) in [5, 5.41) is 17.9. The van der Waals surface area contributed by atoms with E-state index in [4.69, 9.17) is 10.00 Å². The predicted octanol–water partition coefficient (Wildman–Crippen LogP) is 4.27. The predicted molar refractivity (Wildman–Crippen MR) is 117 cm³/mol. The lowest BCUT2D eigenvalue weighted by Gasteiger charge is -2.08. The average Bonchev–Trinajstić information content (AvgIpc) is 3.49. The molecule has 4 aromatic rings. The molecule has 0 unspecified atom stereocenters. The Labute approximate surface area is 182 Å². The number of nitriles is 1. The molecule has 0 bridgehead atoms. The summed E-state index contributed by atoms with van der Waals surface area (Å²) in [4.78, 5) is 25.9. The molecule has 8 heteroatoms. The van der Waals surface area contributed by atoms with Crippen molar-refractivity contribution in [1.29, 1.82) is 5.26 Å². The molecule has 2 heterocycles. The van der Waals surface area contributed by atoms with Gasteiger partial charge in [-0.05, 0) is 47.8 Å². The van der Waals surface area contributed by atoms with E-state index >= 15 is 0 Å². The van der Waals surface area contributed by atoms with E-state index in [2.05, 4.69) is 10.4 Å². The average molecular weight is 428 g/mol. The molecule has 7 nitrogen and oxygen atoms in total. The molecule has 0 atom stereocenters. The molecular weight excluding hydrogens is 412 g/mol. The zero-order valence-corrected chi connectivity index (χ0v) is 17.0. The van der Waals surface area contributed by atoms with Crippen molar-refractivity contribution in [3.8, 4) is 22.3 Å². The summed E-state index contributed by atoms with van der Waals surface area (Å²) >= 11 is 1.51. The fraction of sp³-hybridized carbons (Fsp3) is 0.0435. The monoisotopic (exact) mass is 428 g/mol. The summed E-state index contributed by atoms with van der Waals surface area (Å²) in [6.07, 6.45) is 0. The number of nitrogens with one attached hydrogen (secondary N) is 1. The fourth-order valence-electron chi connectivity index (χ4n) is 2.87. The molecule has 152 valence electrons. The Kier molecular flexibility index (Phi) is 5.87. The molecule has 2 aromatic heterocycles. The second kappa shape index (κ2) is 9.07. The standard InChI is InChI=1S/C23H16N4O3S/c24-14-16-8-10-17(11-9-16)25-22(28)15-30-23(29)20-13-19(21-7-4-12-31-21)26-27(20)18-5-2-1-3-6-18/h1-13H,15H2,(H,25,28). The summed E-state index contributed by atoms with van der Waals surface area (Å²) in [6, 6.07) is 23.1. The first-order valence-electron chi connectivity index (χ1n) is 9.30. The van der Waals surface area contributed by atoms with Crippen LogP contribution in [0.15, 0.2) is 78.2 Å². The first-order chi connectivity index (χ1) is 15.1. The van der Waals surface area contributed by atoms with Crippen LogP contribution >= 0.6 is 11.3 Å². The van der Waals surface area contributed by atoms with Crippen LogP contribution in [-0.2, 0) is 9.53 Å². The molecule has 0 fully saturated rings. The van der Waals surface area contributed by atoms with Crippen LogP contribution in [0.1, 0.15) is 16.1 Å². The Bertz CT molecular complexity index is 1240. The molecule has 0 aliphatic heterocycles. The van der Waals surface area contributed by atoms with Gasteiger partial charge >= 0.3 is 5.97 Å². The number of nitrogens with zero attached hydrogens (tertiary/aromatic N) is 3. The highest BCUT2D eigenvalue weighted by Gasteiger charge is 2.20. The van der Waals surface area contributed by atoms with Crippen LogP contribution in [0.2, 0.25) is 0 Å². The third-order valence-electron chi connectivity index (χ3n) is 4.33. The van der Waals surface area contributed by atoms with Gasteiger partial charge in [-0.25, -0.2) is 9.48 Å². The lowest BCUT2D eigenvalue weighted by atomic mass is 10.2. The third kappa shape index (κ3) is 4.69. The molecule has 0 saturated heterocycles. The van der Waals surface area contributed by atoms with Gasteiger partial charge in [0.25, 0.3) is 5.91 Å². The minimum absolute atomic E-state index is 0.223. The maximum atomic E-state index is 12.8. The van der Waals surface area contributed by atoms with Crippen LogP contribution < -0.4 is 5.32 Å². The van der Waals surface area contributed by atoms with E-state index in [-0.39, 0.29) is 5.69 Å². The van der Waals surface area contributed by atoms with E-state index in [0.29, 0.717) is 22.6 Å². The summed E-state index contributed by atoms with van der Waals surface area (Å²) in [7, 11) is 0. The van der Waals surface area contributed by atoms with Crippen molar-refractivity contribution in [3.05, 3.63) is 89.4 Å². The molecule has 1 N–H and O–H groups in total. The van der Waals surface area contributed by atoms with Crippen LogP contribution in [0.5, 0.6) is 0 Å². The molecule has 2 aromatic carbocycles. The number of benzene rings is 2. The molecular formula is C23H16N4O3S. The number of rotatable bonds is 6. The number of ether oxygens (including phenoxy) is 1. The maximum Gasteiger partial charge on any atom is 0.357 e. The van der Waals surface area contributed by atoms with E-state index in [1.165, 1.54) is 16.0 Å². The second-order valence-electron chi connectivity index (χ2n) is 6.45. The van der Waals surface area contributed by atoms with Crippen LogP contribution in [0.4, 0.5) is 5.69 Å². The first-order valence-corrected chi connectivity index (χ1v) is 10.2. The van der Waals surface area contributed by atoms with E-state index in [1.807, 2.05) is 53.9 Å². The Morgan fingerprint density at radius 1 is 1.06 bits per heavy atom. The van der Waals surface area contributed by atoms with E-state index in [9.17, 15) is 9.59 Å². The Morgan fingerprint density at radius 2 is 1.84 bits per heavy atom. The number of carbonyl (C=O) groups excluding carboxylic acids is 2. The lowest BCUT2D eigenvalue weighted by Crippen LogP contribution is -2.22. The number of esters is 1. The summed E-state index contributed by atoms with van der Waals surface area (Å²) in [5.41, 5.74) is 2.57. The largest absolute Gasteiger partial charge is 0.451 e. The van der Waals surface area contributed by atoms with Crippen molar-refractivity contribution in [2.45, 2.75) is 0 Å². The van der Waals surface area contributed by atoms with E-state index < -0.39 is 18.5 Å². The number of hydrogen-bond acceptors (Lipinski definition) is 6. The molecule has 0 spiro atoms. The van der Waals surface area contributed by atoms with Gasteiger partial charge in [0.15, 0.2) is 12.3 Å². The molecule has 0 radical (unpaired) electrons. The Morgan fingerprint density at radius 3 is 2.52 bits per heavy atom. The smallest absolute Gasteiger partial charge is 0.357 e. The Hall–Kier alpha value is -4.22. The normalized spacial score (nSPS) is 10.3. The van der Waals surface area contributed by atoms with Gasteiger partial charge in [0.2, 0.25) is 0 Å². The fourth-order valence-corrected chi connectivity index (χ4v) is 3.55. The zero-order valence-electron chi connectivity index (χ0n) is 16.2. The quantitative estimate of drug-likeness (QED) is 0.463. The summed E-state index contributed by atoms with van der Waals surface area (Å²) in [6.45, 7) is -0.451. The highest BCUT2D eigenvalue weighted by Crippen LogP contribution is 2.26. The number of anilines is 1. The minimum atomic E-state index is -0.658. The highest BCUT2D eigenvalue weighted by molar-refractivity contribution is 7.13. The lowest BCUT2D eigenvalue weighted by molar-refractivity contribution is -0.119. The van der Waals surface area contributed by atoms with Gasteiger partial charge < -0.3 is 10.1 Å². The molecule has 31 heavy (non-hydrogen) atoms. The molecule has 4 rings (SSSR count). The van der Waals surface area contributed by atoms with Crippen LogP contribution in [0.3, 0.4) is 0 Å². The van der Waals surface area contributed by atoms with Gasteiger partial charge in [0.05, 0.1) is 22.2 Å². The molecule has 1 amide bonds. The van der Waals surface area contributed by atoms with Crippen molar-refractivity contribution in [2.75, 3.05) is 11.9 Å². The van der Waals surface area contributed by atoms with Gasteiger partial charge in [-0.3, -0.25) is 4.79 Å². The Balaban J connectivity index is 1.49. The SMILES string of the molecule is N#Cc1ccc(NC(=O)COC(=O)c2cc(-c3cccs3)nn2-c2ccccc2)cc1. The third-order valence-corrected chi connectivity index (χ3v) is 5.22. The maximum absolute atomic E-state index is 12.8. The van der Waals surface area contributed by atoms with Crippen LogP contribution in [-0.4, -0.2) is 28.3 Å². The zero-order chi connectivity index (χ0) is 21.6. The van der Waals surface area contributed by atoms with Gasteiger partial charge in [0, 0.05) is 11.8 Å². The van der Waals surface area contributed by atoms with Crippen molar-refractivity contribution in [1.82, 2.24) is 9.78 Å². The van der Waals surface area contributed by atoms with Crippen molar-refractivity contribution in [2.24, 2.45) is 0 Å². The molecule has 0 aliphatic carbocycles. The van der Waals surface area contributed by atoms with Crippen molar-refractivity contribution < 1.29 is 14.3 Å². The number of thiophene rings is 1. The van der Waals surface area contributed by atoms with Crippen LogP contribution in [0.25, 0.3) is 16.3 Å². The first kappa shape index (κ1) is 20.1. The van der Waals surface area contributed by atoms with Crippen LogP contribution in [0, 0.1) is 11.3 Å². The molecule has 0 saturated carbocycles. The highest BCUT2D eigenvalue weighted by atomic mass is 32.1. The number of carbonyl (C=O) groups is 2. The van der Waals surface area contributed by atoms with Gasteiger partial charge in [-0.2, -0.15) is 10.4 Å². The van der Waals surface area contributed by atoms with Crippen molar-refractivity contribution in [3.63, 3.8) is 0 Å². The van der Waals surface area contributed by atoms with E-state index in [0.717, 1.165) is 4.88 Å². The number of para-hydroxylation sites is 1. The van der Waals surface area contributed by atoms with Gasteiger partial charge in [-0.15, -0.1) is 11.3 Å². The molecule has 0 aliphatic rings. The summed E-state index contributed by atoms with van der Waals surface area (Å²) in [5.74, 6) is -1.14.